The Bertz CT molecular complexity index is 913. The molecule has 8 heteroatoms. The molecule has 0 bridgehead atoms. The monoisotopic (exact) mass is 421 g/mol. The van der Waals surface area contributed by atoms with Crippen LogP contribution in [0.3, 0.4) is 0 Å². The first-order chi connectivity index (χ1) is 13.4. The number of esters is 2. The topological polar surface area (TPSA) is 72.9 Å². The van der Waals surface area contributed by atoms with Crippen molar-refractivity contribution in [3.05, 3.63) is 63.6 Å². The van der Waals surface area contributed by atoms with Gasteiger partial charge in [-0.15, -0.1) is 0 Å². The van der Waals surface area contributed by atoms with Crippen molar-refractivity contribution < 1.29 is 23.9 Å². The molecule has 0 aromatic heterocycles. The van der Waals surface area contributed by atoms with Crippen molar-refractivity contribution in [3.8, 4) is 0 Å². The number of hydrogen-bond acceptors (Lipinski definition) is 5. The Kier molecular flexibility index (Phi) is 6.21. The van der Waals surface area contributed by atoms with Gasteiger partial charge in [-0.05, 0) is 42.0 Å². The van der Waals surface area contributed by atoms with Crippen LogP contribution in [-0.2, 0) is 25.7 Å². The SMILES string of the molecule is COC(=O)c1ccc(N2C[C@@H](C(=O)OCc3ccc(Cl)c(Cl)c3)CC2=O)cc1. The Morgan fingerprint density at radius 1 is 1.11 bits per heavy atom. The van der Waals surface area contributed by atoms with Crippen molar-refractivity contribution in [2.45, 2.75) is 13.0 Å². The fraction of sp³-hybridized carbons (Fsp3) is 0.250. The number of methoxy groups -OCH3 is 1. The van der Waals surface area contributed by atoms with Crippen molar-refractivity contribution in [1.82, 2.24) is 0 Å². The second kappa shape index (κ2) is 8.63. The van der Waals surface area contributed by atoms with Gasteiger partial charge < -0.3 is 14.4 Å². The smallest absolute Gasteiger partial charge is 0.337 e. The molecule has 1 atom stereocenters. The number of carbonyl (C=O) groups is 3. The minimum absolute atomic E-state index is 0.0498. The van der Waals surface area contributed by atoms with Crippen molar-refractivity contribution in [3.63, 3.8) is 0 Å². The third-order valence-corrected chi connectivity index (χ3v) is 5.16. The third-order valence-electron chi connectivity index (χ3n) is 4.42. The zero-order valence-corrected chi connectivity index (χ0v) is 16.5. The highest BCUT2D eigenvalue weighted by Crippen LogP contribution is 2.27. The lowest BCUT2D eigenvalue weighted by Crippen LogP contribution is -2.26. The van der Waals surface area contributed by atoms with Gasteiger partial charge in [0.15, 0.2) is 0 Å². The molecule has 0 radical (unpaired) electrons. The van der Waals surface area contributed by atoms with Gasteiger partial charge in [-0.3, -0.25) is 9.59 Å². The molecule has 1 aliphatic heterocycles. The van der Waals surface area contributed by atoms with Gasteiger partial charge in [0.2, 0.25) is 5.91 Å². The van der Waals surface area contributed by atoms with Gasteiger partial charge in [-0.2, -0.15) is 0 Å². The van der Waals surface area contributed by atoms with Gasteiger partial charge >= 0.3 is 11.9 Å². The summed E-state index contributed by atoms with van der Waals surface area (Å²) < 4.78 is 9.98. The van der Waals surface area contributed by atoms with Crippen LogP contribution in [0.4, 0.5) is 5.69 Å². The summed E-state index contributed by atoms with van der Waals surface area (Å²) in [5, 5.41) is 0.805. The highest BCUT2D eigenvalue weighted by Gasteiger charge is 2.36. The summed E-state index contributed by atoms with van der Waals surface area (Å²) in [5.74, 6) is -1.64. The van der Waals surface area contributed by atoms with E-state index in [2.05, 4.69) is 4.74 Å². The second-order valence-corrected chi connectivity index (χ2v) is 7.11. The van der Waals surface area contributed by atoms with Gasteiger partial charge in [-0.25, -0.2) is 4.79 Å². The Balaban J connectivity index is 1.60. The van der Waals surface area contributed by atoms with E-state index in [1.807, 2.05) is 0 Å². The zero-order valence-electron chi connectivity index (χ0n) is 15.0. The van der Waals surface area contributed by atoms with Crippen LogP contribution in [0.5, 0.6) is 0 Å². The predicted molar refractivity (Wildman–Crippen MR) is 104 cm³/mol. The van der Waals surface area contributed by atoms with Gasteiger partial charge in [0.1, 0.15) is 6.61 Å². The number of carbonyl (C=O) groups excluding carboxylic acids is 3. The van der Waals surface area contributed by atoms with Gasteiger partial charge in [-0.1, -0.05) is 29.3 Å². The Morgan fingerprint density at radius 2 is 1.82 bits per heavy atom. The molecule has 2 aromatic rings. The number of rotatable bonds is 5. The third kappa shape index (κ3) is 4.46. The van der Waals surface area contributed by atoms with Crippen LogP contribution in [0.1, 0.15) is 22.3 Å². The molecular formula is C20H17Cl2NO5. The largest absolute Gasteiger partial charge is 0.465 e. The number of hydrogen-bond donors (Lipinski definition) is 0. The van der Waals surface area contributed by atoms with Crippen LogP contribution in [-0.4, -0.2) is 31.5 Å². The normalized spacial score (nSPS) is 16.2. The van der Waals surface area contributed by atoms with Crippen molar-refractivity contribution in [2.75, 3.05) is 18.6 Å². The van der Waals surface area contributed by atoms with Crippen LogP contribution < -0.4 is 4.90 Å². The average molecular weight is 422 g/mol. The molecule has 0 spiro atoms. The maximum absolute atomic E-state index is 12.4. The first-order valence-corrected chi connectivity index (χ1v) is 9.24. The Hall–Kier alpha value is -2.57. The summed E-state index contributed by atoms with van der Waals surface area (Å²) >= 11 is 11.8. The Labute approximate surface area is 171 Å². The molecule has 0 N–H and O–H groups in total. The van der Waals surface area contributed by atoms with E-state index in [0.29, 0.717) is 26.9 Å². The molecule has 1 saturated heterocycles. The van der Waals surface area contributed by atoms with Crippen molar-refractivity contribution in [1.29, 1.82) is 0 Å². The molecule has 0 unspecified atom stereocenters. The molecule has 28 heavy (non-hydrogen) atoms. The van der Waals surface area contributed by atoms with Gasteiger partial charge in [0.05, 0.1) is 28.6 Å². The van der Waals surface area contributed by atoms with E-state index in [1.54, 1.807) is 42.5 Å². The number of nitrogens with zero attached hydrogens (tertiary/aromatic N) is 1. The standard InChI is InChI=1S/C20H17Cl2NO5/c1-27-19(25)13-3-5-15(6-4-13)23-10-14(9-18(23)24)20(26)28-11-12-2-7-16(21)17(22)8-12/h2-8,14H,9-11H2,1H3/t14-/m0/s1. The summed E-state index contributed by atoms with van der Waals surface area (Å²) in [7, 11) is 1.30. The van der Waals surface area contributed by atoms with Crippen LogP contribution in [0.15, 0.2) is 42.5 Å². The van der Waals surface area contributed by atoms with E-state index in [1.165, 1.54) is 12.0 Å². The zero-order chi connectivity index (χ0) is 20.3. The lowest BCUT2D eigenvalue weighted by atomic mass is 10.1. The molecule has 3 rings (SSSR count). The number of ether oxygens (including phenoxy) is 2. The van der Waals surface area contributed by atoms with E-state index in [4.69, 9.17) is 27.9 Å². The van der Waals surface area contributed by atoms with Crippen LogP contribution in [0.2, 0.25) is 10.0 Å². The highest BCUT2D eigenvalue weighted by molar-refractivity contribution is 6.42. The molecule has 6 nitrogen and oxygen atoms in total. The van der Waals surface area contributed by atoms with Crippen LogP contribution in [0, 0.1) is 5.92 Å². The molecular weight excluding hydrogens is 405 g/mol. The minimum atomic E-state index is -0.560. The summed E-state index contributed by atoms with van der Waals surface area (Å²) in [5.41, 5.74) is 1.70. The maximum atomic E-state index is 12.4. The molecule has 1 fully saturated rings. The average Bonchev–Trinajstić information content (AvgIpc) is 3.10. The van der Waals surface area contributed by atoms with Crippen LogP contribution >= 0.6 is 23.2 Å². The molecule has 146 valence electrons. The maximum Gasteiger partial charge on any atom is 0.337 e. The summed E-state index contributed by atoms with van der Waals surface area (Å²) in [6.45, 7) is 0.269. The molecule has 0 saturated carbocycles. The molecule has 1 aliphatic rings. The van der Waals surface area contributed by atoms with E-state index < -0.39 is 17.9 Å². The lowest BCUT2D eigenvalue weighted by Gasteiger charge is -2.17. The van der Waals surface area contributed by atoms with Crippen LogP contribution in [0.25, 0.3) is 0 Å². The second-order valence-electron chi connectivity index (χ2n) is 6.30. The number of amides is 1. The Morgan fingerprint density at radius 3 is 2.46 bits per heavy atom. The molecule has 2 aromatic carbocycles. The van der Waals surface area contributed by atoms with E-state index in [-0.39, 0.29) is 25.5 Å². The van der Waals surface area contributed by atoms with Gasteiger partial charge in [0.25, 0.3) is 0 Å². The van der Waals surface area contributed by atoms with Crippen molar-refractivity contribution >= 4 is 46.7 Å². The number of halogens is 2. The first kappa shape index (κ1) is 20.2. The molecule has 1 amide bonds. The fourth-order valence-electron chi connectivity index (χ4n) is 2.91. The summed E-state index contributed by atoms with van der Waals surface area (Å²) in [6.07, 6.45) is 0.0684. The predicted octanol–water partition coefficient (Wildman–Crippen LogP) is 3.88. The minimum Gasteiger partial charge on any atom is -0.465 e. The first-order valence-electron chi connectivity index (χ1n) is 8.48. The molecule has 0 aliphatic carbocycles. The van der Waals surface area contributed by atoms with Gasteiger partial charge in [0, 0.05) is 18.7 Å². The van der Waals surface area contributed by atoms with E-state index in [9.17, 15) is 14.4 Å². The fourth-order valence-corrected chi connectivity index (χ4v) is 3.23. The lowest BCUT2D eigenvalue weighted by molar-refractivity contribution is -0.149. The van der Waals surface area contributed by atoms with Crippen molar-refractivity contribution in [2.24, 2.45) is 5.92 Å². The summed E-state index contributed by atoms with van der Waals surface area (Å²) in [4.78, 5) is 37.7. The van der Waals surface area contributed by atoms with E-state index >= 15 is 0 Å². The number of anilines is 1. The molecule has 1 heterocycles. The summed E-state index contributed by atoms with van der Waals surface area (Å²) in [6, 6.07) is 11.4. The highest BCUT2D eigenvalue weighted by atomic mass is 35.5. The van der Waals surface area contributed by atoms with E-state index in [0.717, 1.165) is 0 Å². The quantitative estimate of drug-likeness (QED) is 0.684. The number of benzene rings is 2.